The number of nitrogens with one attached hydrogen (secondary N) is 1. The maximum atomic E-state index is 12.5. The van der Waals surface area contributed by atoms with E-state index in [0.29, 0.717) is 0 Å². The van der Waals surface area contributed by atoms with Crippen molar-refractivity contribution >= 4 is 17.8 Å². The predicted octanol–water partition coefficient (Wildman–Crippen LogP) is 4.39. The number of carbonyl (C=O) groups excluding carboxylic acids is 1. The van der Waals surface area contributed by atoms with Gasteiger partial charge in [0, 0.05) is 5.69 Å². The van der Waals surface area contributed by atoms with E-state index in [1.54, 1.807) is 0 Å². The van der Waals surface area contributed by atoms with Crippen LogP contribution >= 0.6 is 0 Å². The minimum Gasteiger partial charge on any atom is -0.383 e. The van der Waals surface area contributed by atoms with Crippen LogP contribution in [0.4, 0.5) is 18.9 Å². The summed E-state index contributed by atoms with van der Waals surface area (Å²) in [6.45, 7) is 3.46. The van der Waals surface area contributed by atoms with Crippen LogP contribution in [-0.4, -0.2) is 18.2 Å². The monoisotopic (exact) mass is 350 g/mol. The Labute approximate surface area is 143 Å². The van der Waals surface area contributed by atoms with Gasteiger partial charge < -0.3 is 10.2 Å². The predicted molar refractivity (Wildman–Crippen MR) is 89.4 cm³/mol. The molecule has 25 heavy (non-hydrogen) atoms. The summed E-state index contributed by atoms with van der Waals surface area (Å²) in [5.74, 6) is -0.513. The molecule has 2 aromatic carbocycles. The van der Waals surface area contributed by atoms with E-state index >= 15 is 0 Å². The Hall–Kier alpha value is -2.83. The molecule has 1 atom stereocenters. The highest BCUT2D eigenvalue weighted by Crippen LogP contribution is 2.29. The fraction of sp³-hybridized carbons (Fsp3) is 0.222. The molecule has 132 valence electrons. The van der Waals surface area contributed by atoms with Crippen molar-refractivity contribution in [1.29, 1.82) is 0 Å². The van der Waals surface area contributed by atoms with Crippen molar-refractivity contribution in [2.24, 2.45) is 5.16 Å². The van der Waals surface area contributed by atoms with E-state index in [0.717, 1.165) is 23.3 Å². The number of anilines is 1. The summed E-state index contributed by atoms with van der Waals surface area (Å²) in [4.78, 5) is 17.0. The van der Waals surface area contributed by atoms with Crippen LogP contribution in [0.25, 0.3) is 0 Å². The molecule has 2 rings (SSSR count). The van der Waals surface area contributed by atoms with Crippen molar-refractivity contribution in [3.63, 3.8) is 0 Å². The van der Waals surface area contributed by atoms with Crippen molar-refractivity contribution in [3.05, 3.63) is 65.2 Å². The molecule has 0 saturated carbocycles. The molecule has 0 aromatic heterocycles. The number of aryl methyl sites for hydroxylation is 1. The molecule has 0 heterocycles. The maximum absolute atomic E-state index is 12.5. The summed E-state index contributed by atoms with van der Waals surface area (Å²) in [6.07, 6.45) is -3.84. The topological polar surface area (TPSA) is 50.7 Å². The highest BCUT2D eigenvalue weighted by atomic mass is 19.4. The highest BCUT2D eigenvalue weighted by Gasteiger charge is 2.30. The molecule has 1 N–H and O–H groups in total. The summed E-state index contributed by atoms with van der Waals surface area (Å²) in [5, 5.41) is 6.22. The van der Waals surface area contributed by atoms with Crippen LogP contribution < -0.4 is 5.32 Å². The van der Waals surface area contributed by atoms with E-state index in [1.807, 2.05) is 31.2 Å². The Morgan fingerprint density at radius 1 is 1.12 bits per heavy atom. The standard InChI is InChI=1S/C18H17F3N2O2/c1-12-3-5-14(6-4-12)11-22-25-13(2)17(24)23-16-9-7-15(8-10-16)18(19,20)21/h3-11,13H,1-2H3,(H,23,24)/b22-11-/t13-/m0/s1. The lowest BCUT2D eigenvalue weighted by atomic mass is 10.2. The van der Waals surface area contributed by atoms with Gasteiger partial charge in [-0.2, -0.15) is 13.2 Å². The minimum atomic E-state index is -4.41. The first-order chi connectivity index (χ1) is 11.8. The molecule has 0 aliphatic rings. The zero-order valence-electron chi connectivity index (χ0n) is 13.7. The largest absolute Gasteiger partial charge is 0.416 e. The SMILES string of the molecule is Cc1ccc(/C=N\O[C@@H](C)C(=O)Nc2ccc(C(F)(F)F)cc2)cc1. The number of rotatable bonds is 5. The van der Waals surface area contributed by atoms with Gasteiger partial charge in [-0.25, -0.2) is 0 Å². The van der Waals surface area contributed by atoms with Gasteiger partial charge in [-0.1, -0.05) is 35.0 Å². The molecular weight excluding hydrogens is 333 g/mol. The molecule has 0 aliphatic heterocycles. The number of nitrogens with zero attached hydrogens (tertiary/aromatic N) is 1. The molecule has 1 amide bonds. The smallest absolute Gasteiger partial charge is 0.383 e. The van der Waals surface area contributed by atoms with Gasteiger partial charge in [-0.3, -0.25) is 4.79 Å². The minimum absolute atomic E-state index is 0.246. The lowest BCUT2D eigenvalue weighted by molar-refractivity contribution is -0.137. The Bertz CT molecular complexity index is 738. The van der Waals surface area contributed by atoms with Crippen LogP contribution in [0.3, 0.4) is 0 Å². The third kappa shape index (κ3) is 5.63. The normalized spacial score (nSPS) is 12.8. The summed E-state index contributed by atoms with van der Waals surface area (Å²) >= 11 is 0. The first kappa shape index (κ1) is 18.5. The summed E-state index contributed by atoms with van der Waals surface area (Å²) in [5.41, 5.74) is 1.40. The van der Waals surface area contributed by atoms with E-state index in [9.17, 15) is 18.0 Å². The Morgan fingerprint density at radius 3 is 2.28 bits per heavy atom. The van der Waals surface area contributed by atoms with E-state index in [1.165, 1.54) is 25.3 Å². The van der Waals surface area contributed by atoms with Gasteiger partial charge in [-0.15, -0.1) is 0 Å². The van der Waals surface area contributed by atoms with Crippen LogP contribution in [0, 0.1) is 6.92 Å². The number of halogens is 3. The molecule has 4 nitrogen and oxygen atoms in total. The molecule has 0 bridgehead atoms. The Morgan fingerprint density at radius 2 is 1.72 bits per heavy atom. The van der Waals surface area contributed by atoms with Gasteiger partial charge in [0.1, 0.15) is 0 Å². The number of carbonyl (C=O) groups is 1. The van der Waals surface area contributed by atoms with E-state index in [4.69, 9.17) is 4.84 Å². The van der Waals surface area contributed by atoms with Gasteiger partial charge in [-0.05, 0) is 43.7 Å². The molecule has 0 saturated heterocycles. The van der Waals surface area contributed by atoms with Crippen molar-refractivity contribution < 1.29 is 22.8 Å². The quantitative estimate of drug-likeness (QED) is 0.642. The second kappa shape index (κ2) is 7.83. The van der Waals surface area contributed by atoms with Crippen LogP contribution in [0.1, 0.15) is 23.6 Å². The van der Waals surface area contributed by atoms with Gasteiger partial charge in [0.15, 0.2) is 0 Å². The number of hydrogen-bond acceptors (Lipinski definition) is 3. The summed E-state index contributed by atoms with van der Waals surface area (Å²) < 4.78 is 37.5. The number of hydrogen-bond donors (Lipinski definition) is 1. The van der Waals surface area contributed by atoms with Gasteiger partial charge in [0.25, 0.3) is 5.91 Å². The fourth-order valence-corrected chi connectivity index (χ4v) is 1.87. The van der Waals surface area contributed by atoms with Crippen LogP contribution in [-0.2, 0) is 15.8 Å². The fourth-order valence-electron chi connectivity index (χ4n) is 1.87. The number of oxime groups is 1. The lowest BCUT2D eigenvalue weighted by Crippen LogP contribution is -2.26. The number of amides is 1. The van der Waals surface area contributed by atoms with Crippen LogP contribution in [0.5, 0.6) is 0 Å². The van der Waals surface area contributed by atoms with Crippen molar-refractivity contribution in [1.82, 2.24) is 0 Å². The van der Waals surface area contributed by atoms with Gasteiger partial charge in [0.05, 0.1) is 11.8 Å². The first-order valence-corrected chi connectivity index (χ1v) is 7.49. The zero-order valence-corrected chi connectivity index (χ0v) is 13.7. The van der Waals surface area contributed by atoms with E-state index < -0.39 is 23.8 Å². The van der Waals surface area contributed by atoms with E-state index in [-0.39, 0.29) is 5.69 Å². The second-order valence-electron chi connectivity index (χ2n) is 5.46. The Balaban J connectivity index is 1.88. The first-order valence-electron chi connectivity index (χ1n) is 7.49. The lowest BCUT2D eigenvalue weighted by Gasteiger charge is -2.11. The number of alkyl halides is 3. The van der Waals surface area contributed by atoms with Crippen molar-refractivity contribution in [2.75, 3.05) is 5.32 Å². The Kier molecular flexibility index (Phi) is 5.80. The average Bonchev–Trinajstić information content (AvgIpc) is 2.56. The maximum Gasteiger partial charge on any atom is 0.416 e. The molecule has 0 aliphatic carbocycles. The van der Waals surface area contributed by atoms with Crippen molar-refractivity contribution in [3.8, 4) is 0 Å². The summed E-state index contributed by atoms with van der Waals surface area (Å²) in [7, 11) is 0. The third-order valence-electron chi connectivity index (χ3n) is 3.35. The molecule has 7 heteroatoms. The molecule has 0 fully saturated rings. The molecule has 0 unspecified atom stereocenters. The average molecular weight is 350 g/mol. The third-order valence-corrected chi connectivity index (χ3v) is 3.35. The molecule has 0 spiro atoms. The molecule has 0 radical (unpaired) electrons. The van der Waals surface area contributed by atoms with E-state index in [2.05, 4.69) is 10.5 Å². The van der Waals surface area contributed by atoms with Gasteiger partial charge >= 0.3 is 6.18 Å². The van der Waals surface area contributed by atoms with Gasteiger partial charge in [0.2, 0.25) is 6.10 Å². The molecular formula is C18H17F3N2O2. The zero-order chi connectivity index (χ0) is 18.4. The van der Waals surface area contributed by atoms with Crippen LogP contribution in [0.15, 0.2) is 53.7 Å². The van der Waals surface area contributed by atoms with Crippen LogP contribution in [0.2, 0.25) is 0 Å². The second-order valence-corrected chi connectivity index (χ2v) is 5.46. The number of benzene rings is 2. The van der Waals surface area contributed by atoms with Crippen molar-refractivity contribution in [2.45, 2.75) is 26.1 Å². The summed E-state index contributed by atoms with van der Waals surface area (Å²) in [6, 6.07) is 11.7. The molecule has 2 aromatic rings. The highest BCUT2D eigenvalue weighted by molar-refractivity contribution is 5.94.